The van der Waals surface area contributed by atoms with Gasteiger partial charge in [0.25, 0.3) is 0 Å². The Kier molecular flexibility index (Phi) is 6.74. The fourth-order valence-corrected chi connectivity index (χ4v) is 5.69. The largest absolute Gasteiger partial charge is 0.396 e. The number of anilines is 2. The monoisotopic (exact) mass is 501 g/mol. The minimum absolute atomic E-state index is 0.000538. The Hall–Kier alpha value is -3.21. The first-order chi connectivity index (χ1) is 16.2. The summed E-state index contributed by atoms with van der Waals surface area (Å²) in [5.74, 6) is 0.467. The van der Waals surface area contributed by atoms with Crippen molar-refractivity contribution in [2.24, 2.45) is 0 Å². The molecule has 1 heterocycles. The van der Waals surface area contributed by atoms with Gasteiger partial charge >= 0.3 is 6.03 Å². The van der Waals surface area contributed by atoms with Gasteiger partial charge in [0.1, 0.15) is 10.6 Å². The average Bonchev–Trinajstić information content (AvgIpc) is 3.62. The second-order valence-electron chi connectivity index (χ2n) is 7.99. The van der Waals surface area contributed by atoms with Crippen molar-refractivity contribution < 1.29 is 18.3 Å². The van der Waals surface area contributed by atoms with Crippen molar-refractivity contribution in [2.45, 2.75) is 28.9 Å². The molecule has 11 heteroatoms. The molecule has 5 N–H and O–H groups in total. The van der Waals surface area contributed by atoms with E-state index >= 15 is 0 Å². The zero-order valence-corrected chi connectivity index (χ0v) is 19.7. The maximum absolute atomic E-state index is 13.4. The van der Waals surface area contributed by atoms with E-state index in [1.807, 2.05) is 0 Å². The predicted molar refractivity (Wildman–Crippen MR) is 130 cm³/mol. The number of sulfone groups is 1. The predicted octanol–water partition coefficient (Wildman–Crippen LogP) is 3.35. The van der Waals surface area contributed by atoms with Crippen molar-refractivity contribution in [1.29, 1.82) is 0 Å². The lowest BCUT2D eigenvalue weighted by atomic mass is 10.1. The molecular weight excluding hydrogens is 478 g/mol. The number of hydrogen-bond acceptors (Lipinski definition) is 7. The van der Waals surface area contributed by atoms with Crippen LogP contribution in [0.5, 0.6) is 0 Å². The van der Waals surface area contributed by atoms with Crippen molar-refractivity contribution in [3.63, 3.8) is 0 Å². The van der Waals surface area contributed by atoms with Crippen LogP contribution in [0.4, 0.5) is 16.3 Å². The standard InChI is InChI=1S/C23H24ClN5O4S/c24-16-4-8-18(9-5-16)34(32,33)23(10-11-23)19-14-20(25)29-21(28-19)15-2-6-17(7-3-15)27-22(31)26-12-1-13-30/h2-9,14,30H,1,10-13H2,(H2,25,28,29)(H2,26,27,31). The number of halogens is 1. The van der Waals surface area contributed by atoms with E-state index in [0.29, 0.717) is 53.6 Å². The minimum Gasteiger partial charge on any atom is -0.396 e. The third-order valence-corrected chi connectivity index (χ3v) is 8.37. The highest BCUT2D eigenvalue weighted by Gasteiger charge is 2.57. The number of hydrogen-bond donors (Lipinski definition) is 4. The third-order valence-electron chi connectivity index (χ3n) is 5.58. The van der Waals surface area contributed by atoms with E-state index in [0.717, 1.165) is 0 Å². The Bertz CT molecular complexity index is 1290. The first kappa shape index (κ1) is 23.9. The molecule has 0 bridgehead atoms. The fourth-order valence-electron chi connectivity index (χ4n) is 3.60. The fraction of sp³-hybridized carbons (Fsp3) is 0.261. The molecule has 178 valence electrons. The lowest BCUT2D eigenvalue weighted by molar-refractivity contribution is 0.249. The molecule has 0 radical (unpaired) electrons. The molecule has 1 fully saturated rings. The van der Waals surface area contributed by atoms with Gasteiger partial charge in [-0.3, -0.25) is 0 Å². The van der Waals surface area contributed by atoms with Gasteiger partial charge in [0.05, 0.1) is 10.6 Å². The second kappa shape index (κ2) is 9.57. The Balaban J connectivity index is 1.58. The molecule has 0 atom stereocenters. The molecule has 4 rings (SSSR count). The molecular formula is C23H24ClN5O4S. The summed E-state index contributed by atoms with van der Waals surface area (Å²) in [5, 5.41) is 14.6. The van der Waals surface area contributed by atoms with Crippen molar-refractivity contribution in [1.82, 2.24) is 15.3 Å². The number of carbonyl (C=O) groups is 1. The van der Waals surface area contributed by atoms with Crippen LogP contribution in [0.3, 0.4) is 0 Å². The van der Waals surface area contributed by atoms with E-state index < -0.39 is 14.6 Å². The molecule has 9 nitrogen and oxygen atoms in total. The summed E-state index contributed by atoms with van der Waals surface area (Å²) in [4.78, 5) is 20.9. The van der Waals surface area contributed by atoms with Gasteiger partial charge in [0, 0.05) is 35.5 Å². The molecule has 0 aliphatic heterocycles. The molecule has 1 aliphatic carbocycles. The minimum atomic E-state index is -3.72. The number of urea groups is 1. The normalized spacial score (nSPS) is 14.4. The Morgan fingerprint density at radius 2 is 1.76 bits per heavy atom. The first-order valence-corrected chi connectivity index (χ1v) is 12.5. The highest BCUT2D eigenvalue weighted by atomic mass is 35.5. The van der Waals surface area contributed by atoms with Crippen molar-refractivity contribution >= 4 is 39.0 Å². The molecule has 2 aromatic carbocycles. The average molecular weight is 502 g/mol. The summed E-state index contributed by atoms with van der Waals surface area (Å²) in [7, 11) is -3.72. The van der Waals surface area contributed by atoms with Crippen LogP contribution in [0.2, 0.25) is 5.02 Å². The summed E-state index contributed by atoms with van der Waals surface area (Å²) < 4.78 is 25.7. The van der Waals surface area contributed by atoms with Crippen LogP contribution in [-0.4, -0.2) is 42.7 Å². The number of aliphatic hydroxyl groups is 1. The van der Waals surface area contributed by atoms with Gasteiger partial charge in [-0.1, -0.05) is 11.6 Å². The van der Waals surface area contributed by atoms with Gasteiger partial charge < -0.3 is 21.5 Å². The van der Waals surface area contributed by atoms with E-state index in [4.69, 9.17) is 22.4 Å². The van der Waals surface area contributed by atoms with Crippen molar-refractivity contribution in [3.05, 3.63) is 65.3 Å². The van der Waals surface area contributed by atoms with Gasteiger partial charge in [-0.05, 0) is 67.8 Å². The lowest BCUT2D eigenvalue weighted by Crippen LogP contribution is -2.29. The first-order valence-electron chi connectivity index (χ1n) is 10.7. The number of carbonyl (C=O) groups excluding carboxylic acids is 1. The van der Waals surface area contributed by atoms with E-state index in [-0.39, 0.29) is 23.4 Å². The van der Waals surface area contributed by atoms with Gasteiger partial charge in [-0.25, -0.2) is 23.2 Å². The number of amides is 2. The van der Waals surface area contributed by atoms with E-state index in [9.17, 15) is 13.2 Å². The van der Waals surface area contributed by atoms with Crippen molar-refractivity contribution in [3.8, 4) is 11.4 Å². The summed E-state index contributed by atoms with van der Waals surface area (Å²) in [6, 6.07) is 14.0. The number of aliphatic hydroxyl groups excluding tert-OH is 1. The molecule has 1 aromatic heterocycles. The SMILES string of the molecule is Nc1cc(C2(S(=O)(=O)c3ccc(Cl)cc3)CC2)nc(-c2ccc(NC(=O)NCCCO)cc2)n1. The van der Waals surface area contributed by atoms with E-state index in [1.165, 1.54) is 18.2 Å². The zero-order valence-electron chi connectivity index (χ0n) is 18.2. The van der Waals surface area contributed by atoms with Gasteiger partial charge in [-0.2, -0.15) is 0 Å². The lowest BCUT2D eigenvalue weighted by Gasteiger charge is -2.17. The van der Waals surface area contributed by atoms with Crippen LogP contribution in [-0.2, 0) is 14.6 Å². The summed E-state index contributed by atoms with van der Waals surface area (Å²) in [6.07, 6.45) is 1.33. The van der Waals surface area contributed by atoms with Crippen LogP contribution in [0, 0.1) is 0 Å². The summed E-state index contributed by atoms with van der Waals surface area (Å²) in [5.41, 5.74) is 7.57. The molecule has 0 unspecified atom stereocenters. The quantitative estimate of drug-likeness (QED) is 0.346. The molecule has 0 saturated heterocycles. The maximum Gasteiger partial charge on any atom is 0.319 e. The molecule has 2 amide bonds. The van der Waals surface area contributed by atoms with Gasteiger partial charge in [-0.15, -0.1) is 0 Å². The van der Waals surface area contributed by atoms with Crippen molar-refractivity contribution in [2.75, 3.05) is 24.2 Å². The molecule has 1 aliphatic rings. The van der Waals surface area contributed by atoms with Gasteiger partial charge in [0.15, 0.2) is 15.7 Å². The highest BCUT2D eigenvalue weighted by molar-refractivity contribution is 7.92. The molecule has 1 saturated carbocycles. The molecule has 3 aromatic rings. The number of rotatable bonds is 8. The smallest absolute Gasteiger partial charge is 0.319 e. The zero-order chi connectivity index (χ0) is 24.3. The van der Waals surface area contributed by atoms with Crippen LogP contribution in [0.1, 0.15) is 25.0 Å². The van der Waals surface area contributed by atoms with E-state index in [2.05, 4.69) is 20.6 Å². The van der Waals surface area contributed by atoms with Gasteiger partial charge in [0.2, 0.25) is 0 Å². The summed E-state index contributed by atoms with van der Waals surface area (Å²) in [6.45, 7) is 0.362. The van der Waals surface area contributed by atoms with Crippen LogP contribution < -0.4 is 16.4 Å². The Morgan fingerprint density at radius 1 is 1.09 bits per heavy atom. The Labute approximate surface area is 202 Å². The second-order valence-corrected chi connectivity index (χ2v) is 10.7. The topological polar surface area (TPSA) is 147 Å². The van der Waals surface area contributed by atoms with Crippen LogP contribution in [0.25, 0.3) is 11.4 Å². The van der Waals surface area contributed by atoms with E-state index in [1.54, 1.807) is 36.4 Å². The Morgan fingerprint density at radius 3 is 2.38 bits per heavy atom. The number of nitrogens with one attached hydrogen (secondary N) is 2. The van der Waals surface area contributed by atoms with Crippen LogP contribution >= 0.6 is 11.6 Å². The third kappa shape index (κ3) is 4.84. The summed E-state index contributed by atoms with van der Waals surface area (Å²) >= 11 is 5.92. The highest BCUT2D eigenvalue weighted by Crippen LogP contribution is 2.55. The number of nitrogen functional groups attached to an aromatic ring is 1. The number of benzene rings is 2. The molecule has 0 spiro atoms. The van der Waals surface area contributed by atoms with Crippen LogP contribution in [0.15, 0.2) is 59.5 Å². The maximum atomic E-state index is 13.4. The number of aromatic nitrogens is 2. The molecule has 34 heavy (non-hydrogen) atoms. The number of nitrogens with zero attached hydrogens (tertiary/aromatic N) is 2. The number of nitrogens with two attached hydrogens (primary N) is 1.